The fourth-order valence-electron chi connectivity index (χ4n) is 2.53. The van der Waals surface area contributed by atoms with Crippen LogP contribution in [0.4, 0.5) is 11.5 Å². The molecule has 1 heterocycles. The van der Waals surface area contributed by atoms with E-state index in [9.17, 15) is 9.90 Å². The number of carboxylic acid groups (broad SMARTS) is 1. The maximum atomic E-state index is 11.2. The Morgan fingerprint density at radius 3 is 2.57 bits per heavy atom. The number of nitrogens with one attached hydrogen (secondary N) is 2. The molecule has 3 rings (SSSR count). The van der Waals surface area contributed by atoms with Crippen LogP contribution in [0.2, 0.25) is 5.02 Å². The highest BCUT2D eigenvalue weighted by Gasteiger charge is 2.28. The lowest BCUT2D eigenvalue weighted by molar-refractivity contribution is 0.0690. The number of hydrogen-bond donors (Lipinski definition) is 3. The topological polar surface area (TPSA) is 86.1 Å². The first-order valence-electron chi connectivity index (χ1n) is 7.41. The van der Waals surface area contributed by atoms with Crippen LogP contribution in [0.15, 0.2) is 36.4 Å². The minimum atomic E-state index is -1.15. The molecule has 0 radical (unpaired) electrons. The predicted molar refractivity (Wildman–Crippen MR) is 90.1 cm³/mol. The molecule has 6 heteroatoms. The van der Waals surface area contributed by atoms with Gasteiger partial charge in [0.1, 0.15) is 5.82 Å². The minimum Gasteiger partial charge on any atom is -0.477 e. The fraction of sp³-hybridized carbons (Fsp3) is 0.235. The molecule has 5 nitrogen and oxygen atoms in total. The van der Waals surface area contributed by atoms with E-state index in [-0.39, 0.29) is 16.6 Å². The molecule has 0 aliphatic heterocycles. The van der Waals surface area contributed by atoms with E-state index in [4.69, 9.17) is 17.0 Å². The molecule has 118 valence electrons. The van der Waals surface area contributed by atoms with Crippen molar-refractivity contribution in [3.8, 4) is 0 Å². The normalized spacial score (nSPS) is 14.1. The molecule has 3 N–H and O–H groups in total. The molecule has 0 unspecified atom stereocenters. The number of pyridine rings is 1. The van der Waals surface area contributed by atoms with Crippen LogP contribution < -0.4 is 5.32 Å². The summed E-state index contributed by atoms with van der Waals surface area (Å²) in [5.74, 6) is -0.663. The maximum absolute atomic E-state index is 11.2. The molecule has 23 heavy (non-hydrogen) atoms. The van der Waals surface area contributed by atoms with E-state index in [0.29, 0.717) is 17.1 Å². The third-order valence-corrected chi connectivity index (χ3v) is 4.31. The van der Waals surface area contributed by atoms with E-state index in [0.717, 1.165) is 24.9 Å². The molecule has 1 aromatic carbocycles. The molecule has 0 atom stereocenters. The van der Waals surface area contributed by atoms with Crippen molar-refractivity contribution >= 4 is 34.8 Å². The first-order chi connectivity index (χ1) is 11.1. The van der Waals surface area contributed by atoms with Crippen LogP contribution in [0.5, 0.6) is 0 Å². The van der Waals surface area contributed by atoms with Crippen LogP contribution in [-0.4, -0.2) is 21.8 Å². The minimum absolute atomic E-state index is 0.140. The average molecular weight is 330 g/mol. The zero-order valence-electron chi connectivity index (χ0n) is 12.3. The average Bonchev–Trinajstić information content (AvgIpc) is 2.45. The third-order valence-electron chi connectivity index (χ3n) is 4.01. The van der Waals surface area contributed by atoms with Crippen LogP contribution >= 0.6 is 11.6 Å². The van der Waals surface area contributed by atoms with Gasteiger partial charge in [0, 0.05) is 17.3 Å². The highest BCUT2D eigenvalue weighted by atomic mass is 35.5. The summed E-state index contributed by atoms with van der Waals surface area (Å²) >= 11 is 6.28. The van der Waals surface area contributed by atoms with Gasteiger partial charge >= 0.3 is 5.97 Å². The van der Waals surface area contributed by atoms with Gasteiger partial charge in [-0.3, -0.25) is 0 Å². The maximum Gasteiger partial charge on any atom is 0.354 e. The summed E-state index contributed by atoms with van der Waals surface area (Å²) in [6.07, 6.45) is 3.02. The number of carbonyl (C=O) groups is 1. The van der Waals surface area contributed by atoms with Gasteiger partial charge in [-0.1, -0.05) is 36.2 Å². The molecule has 2 aromatic rings. The molecule has 1 aliphatic carbocycles. The van der Waals surface area contributed by atoms with Crippen LogP contribution in [0.25, 0.3) is 0 Å². The predicted octanol–water partition coefficient (Wildman–Crippen LogP) is 4.34. The number of para-hydroxylation sites is 1. The Hall–Kier alpha value is -2.40. The molecule has 0 spiro atoms. The largest absolute Gasteiger partial charge is 0.477 e. The Morgan fingerprint density at radius 2 is 2.00 bits per heavy atom. The Kier molecular flexibility index (Phi) is 4.30. The number of benzene rings is 1. The summed E-state index contributed by atoms with van der Waals surface area (Å²) in [5.41, 5.74) is 1.54. The van der Waals surface area contributed by atoms with Gasteiger partial charge in [-0.05, 0) is 31.0 Å². The zero-order valence-corrected chi connectivity index (χ0v) is 13.1. The summed E-state index contributed by atoms with van der Waals surface area (Å²) in [4.78, 5) is 15.4. The Morgan fingerprint density at radius 1 is 1.30 bits per heavy atom. The van der Waals surface area contributed by atoms with Gasteiger partial charge in [0.05, 0.1) is 10.6 Å². The summed E-state index contributed by atoms with van der Waals surface area (Å²) in [6, 6.07) is 10.6. The monoisotopic (exact) mass is 329 g/mol. The second kappa shape index (κ2) is 6.38. The lowest BCUT2D eigenvalue weighted by Gasteiger charge is -2.27. The van der Waals surface area contributed by atoms with E-state index in [1.165, 1.54) is 6.07 Å². The number of rotatable bonds is 5. The van der Waals surface area contributed by atoms with E-state index in [1.807, 2.05) is 30.3 Å². The van der Waals surface area contributed by atoms with Gasteiger partial charge in [0.25, 0.3) is 0 Å². The van der Waals surface area contributed by atoms with Crippen molar-refractivity contribution in [2.75, 3.05) is 5.32 Å². The highest BCUT2D eigenvalue weighted by Crippen LogP contribution is 2.35. The summed E-state index contributed by atoms with van der Waals surface area (Å²) in [6.45, 7) is 0. The molecular weight excluding hydrogens is 314 g/mol. The number of aromatic nitrogens is 1. The van der Waals surface area contributed by atoms with Crippen LogP contribution in [0.3, 0.4) is 0 Å². The van der Waals surface area contributed by atoms with Gasteiger partial charge in [-0.15, -0.1) is 0 Å². The third kappa shape index (κ3) is 3.19. The van der Waals surface area contributed by atoms with Crippen LogP contribution in [-0.2, 0) is 0 Å². The standard InChI is InChI=1S/C17H16ClN3O2/c18-12-9-13(17(22)23)21-16(20-11-7-2-1-3-8-11)14(12)15(19)10-5-4-6-10/h1-3,7-10,19H,4-6H2,(H,20,21)(H,22,23). The highest BCUT2D eigenvalue weighted by molar-refractivity contribution is 6.35. The molecule has 1 saturated carbocycles. The van der Waals surface area contributed by atoms with Crippen molar-refractivity contribution in [1.82, 2.24) is 4.98 Å². The van der Waals surface area contributed by atoms with E-state index in [2.05, 4.69) is 10.3 Å². The first-order valence-corrected chi connectivity index (χ1v) is 7.79. The van der Waals surface area contributed by atoms with Crippen molar-refractivity contribution in [3.05, 3.63) is 52.7 Å². The van der Waals surface area contributed by atoms with Crippen molar-refractivity contribution in [3.63, 3.8) is 0 Å². The molecule has 0 amide bonds. The van der Waals surface area contributed by atoms with Gasteiger partial charge < -0.3 is 15.8 Å². The molecule has 0 bridgehead atoms. The summed E-state index contributed by atoms with van der Waals surface area (Å²) in [7, 11) is 0. The van der Waals surface area contributed by atoms with E-state index in [1.54, 1.807) is 0 Å². The Bertz CT molecular complexity index is 758. The van der Waals surface area contributed by atoms with Gasteiger partial charge in [0.15, 0.2) is 5.69 Å². The number of hydrogen-bond acceptors (Lipinski definition) is 4. The molecule has 1 aromatic heterocycles. The SMILES string of the molecule is N=C(c1c(Cl)cc(C(=O)O)nc1Nc1ccccc1)C1CCC1. The summed E-state index contributed by atoms with van der Waals surface area (Å²) in [5, 5.41) is 20.9. The Balaban J connectivity index is 2.05. The Labute approximate surface area is 138 Å². The van der Waals surface area contributed by atoms with Crippen LogP contribution in [0.1, 0.15) is 35.3 Å². The zero-order chi connectivity index (χ0) is 16.4. The lowest BCUT2D eigenvalue weighted by atomic mass is 9.79. The second-order valence-corrected chi connectivity index (χ2v) is 5.96. The number of aromatic carboxylic acids is 1. The number of halogens is 1. The molecule has 1 aliphatic rings. The van der Waals surface area contributed by atoms with Crippen molar-refractivity contribution < 1.29 is 9.90 Å². The van der Waals surface area contributed by atoms with Gasteiger partial charge in [-0.25, -0.2) is 9.78 Å². The number of anilines is 2. The summed E-state index contributed by atoms with van der Waals surface area (Å²) < 4.78 is 0. The molecule has 1 fully saturated rings. The molecule has 0 saturated heterocycles. The van der Waals surface area contributed by atoms with Crippen LogP contribution in [0, 0.1) is 11.3 Å². The lowest BCUT2D eigenvalue weighted by Crippen LogP contribution is -2.24. The van der Waals surface area contributed by atoms with E-state index >= 15 is 0 Å². The number of nitrogens with zero attached hydrogens (tertiary/aromatic N) is 1. The van der Waals surface area contributed by atoms with Crippen molar-refractivity contribution in [2.45, 2.75) is 19.3 Å². The quantitative estimate of drug-likeness (QED) is 0.712. The number of carboxylic acids is 1. The van der Waals surface area contributed by atoms with Crippen molar-refractivity contribution in [2.24, 2.45) is 5.92 Å². The second-order valence-electron chi connectivity index (χ2n) is 5.55. The van der Waals surface area contributed by atoms with Gasteiger partial charge in [0.2, 0.25) is 0 Å². The van der Waals surface area contributed by atoms with Crippen molar-refractivity contribution in [1.29, 1.82) is 5.41 Å². The van der Waals surface area contributed by atoms with E-state index < -0.39 is 5.97 Å². The van der Waals surface area contributed by atoms with Gasteiger partial charge in [-0.2, -0.15) is 0 Å². The fourth-order valence-corrected chi connectivity index (χ4v) is 2.82. The first kappa shape index (κ1) is 15.5. The molecular formula is C17H16ClN3O2. The smallest absolute Gasteiger partial charge is 0.354 e.